The first-order chi connectivity index (χ1) is 6.13. The van der Waals surface area contributed by atoms with Crippen molar-refractivity contribution < 1.29 is 14.0 Å². The van der Waals surface area contributed by atoms with E-state index in [0.29, 0.717) is 4.47 Å². The van der Waals surface area contributed by atoms with E-state index in [-0.39, 0.29) is 5.56 Å². The molecule has 0 aliphatic rings. The molecule has 0 heterocycles. The van der Waals surface area contributed by atoms with Gasteiger partial charge in [0, 0.05) is 10.0 Å². The largest absolute Gasteiger partial charge is 0.287 e. The van der Waals surface area contributed by atoms with Crippen LogP contribution in [0.25, 0.3) is 0 Å². The Hall–Kier alpha value is -1.32. The first-order valence-corrected chi connectivity index (χ1v) is 4.01. The molecule has 0 unspecified atom stereocenters. The third kappa shape index (κ3) is 2.57. The predicted molar refractivity (Wildman–Crippen MR) is 46.6 cm³/mol. The molecule has 1 aromatic rings. The average molecular weight is 244 g/mol. The molecule has 0 spiro atoms. The van der Waals surface area contributed by atoms with Crippen LogP contribution in [0, 0.1) is 5.82 Å². The second kappa shape index (κ2) is 4.07. The lowest BCUT2D eigenvalue weighted by atomic mass is 10.2. The Bertz CT molecular complexity index is 379. The molecule has 3 nitrogen and oxygen atoms in total. The highest BCUT2D eigenvalue weighted by atomic mass is 79.9. The fraction of sp³-hybridized carbons (Fsp3) is 0. The van der Waals surface area contributed by atoms with E-state index < -0.39 is 11.7 Å². The summed E-state index contributed by atoms with van der Waals surface area (Å²) < 4.78 is 13.1. The number of carbonyl (C=O) groups is 1. The van der Waals surface area contributed by atoms with Crippen LogP contribution in [0.1, 0.15) is 10.4 Å². The van der Waals surface area contributed by atoms with E-state index in [1.807, 2.05) is 0 Å². The highest BCUT2D eigenvalue weighted by Gasteiger charge is 2.06. The lowest BCUT2D eigenvalue weighted by Crippen LogP contribution is -1.95. The number of nitrogens with zero attached hydrogens (tertiary/aromatic N) is 1. The molecule has 5 heteroatoms. The summed E-state index contributed by atoms with van der Waals surface area (Å²) in [5.74, 6) is -1.38. The van der Waals surface area contributed by atoms with Gasteiger partial charge < -0.3 is 0 Å². The maximum absolute atomic E-state index is 12.7. The summed E-state index contributed by atoms with van der Waals surface area (Å²) in [5.41, 5.74) is 0.00947. The molecular weight excluding hydrogens is 241 g/mol. The molecule has 0 N–H and O–H groups in total. The Labute approximate surface area is 81.4 Å². The number of hydrogen-bond acceptors (Lipinski definition) is 2. The third-order valence-electron chi connectivity index (χ3n) is 1.26. The molecule has 1 rings (SSSR count). The second-order valence-corrected chi connectivity index (χ2v) is 3.08. The van der Waals surface area contributed by atoms with E-state index in [2.05, 4.69) is 20.9 Å². The summed E-state index contributed by atoms with van der Waals surface area (Å²) in [6, 6.07) is 3.56. The van der Waals surface area contributed by atoms with Crippen molar-refractivity contribution >= 4 is 27.9 Å². The molecule has 0 aliphatic carbocycles. The minimum absolute atomic E-state index is 0.00947. The van der Waals surface area contributed by atoms with Gasteiger partial charge in [0.05, 0.1) is 0 Å². The number of aliphatic imine (C=N–C) groups is 1. The highest BCUT2D eigenvalue weighted by molar-refractivity contribution is 9.10. The van der Waals surface area contributed by atoms with Crippen LogP contribution in [0.2, 0.25) is 0 Å². The summed E-state index contributed by atoms with van der Waals surface area (Å²) in [6.07, 6.45) is 1.09. The van der Waals surface area contributed by atoms with Gasteiger partial charge in [0.1, 0.15) is 5.82 Å². The second-order valence-electron chi connectivity index (χ2n) is 2.17. The minimum atomic E-state index is -0.810. The van der Waals surface area contributed by atoms with Crippen molar-refractivity contribution in [1.29, 1.82) is 0 Å². The molecule has 1 amide bonds. The maximum atomic E-state index is 12.7. The van der Waals surface area contributed by atoms with E-state index >= 15 is 0 Å². The molecule has 0 atom stereocenters. The molecule has 0 aromatic heterocycles. The summed E-state index contributed by atoms with van der Waals surface area (Å²) in [6.45, 7) is 0. The quantitative estimate of drug-likeness (QED) is 0.560. The Morgan fingerprint density at radius 1 is 1.46 bits per heavy atom. The lowest BCUT2D eigenvalue weighted by molar-refractivity contribution is 0.100. The van der Waals surface area contributed by atoms with Crippen molar-refractivity contribution in [2.75, 3.05) is 0 Å². The third-order valence-corrected chi connectivity index (χ3v) is 1.71. The zero-order chi connectivity index (χ0) is 9.84. The maximum Gasteiger partial charge on any atom is 0.287 e. The smallest absolute Gasteiger partial charge is 0.266 e. The number of benzene rings is 1. The van der Waals surface area contributed by atoms with Crippen molar-refractivity contribution in [3.63, 3.8) is 0 Å². The molecule has 0 saturated heterocycles. The molecule has 66 valence electrons. The fourth-order valence-electron chi connectivity index (χ4n) is 0.783. The highest BCUT2D eigenvalue weighted by Crippen LogP contribution is 2.15. The topological polar surface area (TPSA) is 46.5 Å². The van der Waals surface area contributed by atoms with Crippen LogP contribution in [0.3, 0.4) is 0 Å². The van der Waals surface area contributed by atoms with E-state index in [9.17, 15) is 14.0 Å². The number of amides is 1. The normalized spacial score (nSPS) is 9.08. The number of isocyanates is 1. The summed E-state index contributed by atoms with van der Waals surface area (Å²) >= 11 is 3.00. The zero-order valence-corrected chi connectivity index (χ0v) is 7.84. The molecule has 1 aromatic carbocycles. The predicted octanol–water partition coefficient (Wildman–Crippen LogP) is 2.06. The van der Waals surface area contributed by atoms with Crippen LogP contribution in [-0.2, 0) is 4.79 Å². The van der Waals surface area contributed by atoms with E-state index in [4.69, 9.17) is 0 Å². The summed E-state index contributed by atoms with van der Waals surface area (Å²) in [4.78, 5) is 23.5. The van der Waals surface area contributed by atoms with Gasteiger partial charge in [0.2, 0.25) is 6.08 Å². The van der Waals surface area contributed by atoms with E-state index in [1.54, 1.807) is 0 Å². The monoisotopic (exact) mass is 243 g/mol. The molecule has 0 bridgehead atoms. The van der Waals surface area contributed by atoms with Crippen molar-refractivity contribution in [1.82, 2.24) is 0 Å². The van der Waals surface area contributed by atoms with Crippen molar-refractivity contribution in [2.45, 2.75) is 0 Å². The Morgan fingerprint density at radius 2 is 2.15 bits per heavy atom. The van der Waals surface area contributed by atoms with Gasteiger partial charge in [0.15, 0.2) is 0 Å². The molecular formula is C8H3BrFNO2. The molecule has 0 aliphatic heterocycles. The molecule has 13 heavy (non-hydrogen) atoms. The molecule has 0 radical (unpaired) electrons. The van der Waals surface area contributed by atoms with Crippen molar-refractivity contribution in [2.24, 2.45) is 4.99 Å². The van der Waals surface area contributed by atoms with Crippen LogP contribution in [0.4, 0.5) is 4.39 Å². The van der Waals surface area contributed by atoms with Crippen molar-refractivity contribution in [3.8, 4) is 0 Å². The number of carbonyl (C=O) groups excluding carboxylic acids is 2. The first kappa shape index (κ1) is 9.77. The summed E-state index contributed by atoms with van der Waals surface area (Å²) in [7, 11) is 0. The standard InChI is InChI=1S/C8H3BrFNO2/c9-6-1-5(2-7(10)3-6)8(13)11-4-12/h1-3H. The van der Waals surface area contributed by atoms with Crippen LogP contribution >= 0.6 is 15.9 Å². The van der Waals surface area contributed by atoms with Crippen LogP contribution < -0.4 is 0 Å². The molecule has 0 fully saturated rings. The Morgan fingerprint density at radius 3 is 2.69 bits per heavy atom. The van der Waals surface area contributed by atoms with Crippen LogP contribution in [0.5, 0.6) is 0 Å². The van der Waals surface area contributed by atoms with E-state index in [0.717, 1.165) is 12.1 Å². The van der Waals surface area contributed by atoms with Gasteiger partial charge in [-0.15, -0.1) is 4.99 Å². The van der Waals surface area contributed by atoms with E-state index in [1.165, 1.54) is 12.1 Å². The van der Waals surface area contributed by atoms with Gasteiger partial charge >= 0.3 is 0 Å². The number of halogens is 2. The van der Waals surface area contributed by atoms with Gasteiger partial charge in [0.25, 0.3) is 5.91 Å². The fourth-order valence-corrected chi connectivity index (χ4v) is 1.25. The minimum Gasteiger partial charge on any atom is -0.266 e. The van der Waals surface area contributed by atoms with Gasteiger partial charge in [-0.25, -0.2) is 9.18 Å². The van der Waals surface area contributed by atoms with Crippen LogP contribution in [0.15, 0.2) is 27.7 Å². The SMILES string of the molecule is O=C=NC(=O)c1cc(F)cc(Br)c1. The van der Waals surface area contributed by atoms with Gasteiger partial charge in [-0.3, -0.25) is 4.79 Å². The Kier molecular flexibility index (Phi) is 3.06. The van der Waals surface area contributed by atoms with Gasteiger partial charge in [-0.05, 0) is 18.2 Å². The van der Waals surface area contributed by atoms with Gasteiger partial charge in [-0.1, -0.05) is 15.9 Å². The van der Waals surface area contributed by atoms with Gasteiger partial charge in [-0.2, -0.15) is 0 Å². The first-order valence-electron chi connectivity index (χ1n) is 3.22. The number of rotatable bonds is 1. The summed E-state index contributed by atoms with van der Waals surface area (Å²) in [5, 5.41) is 0. The zero-order valence-electron chi connectivity index (χ0n) is 6.25. The van der Waals surface area contributed by atoms with Crippen LogP contribution in [-0.4, -0.2) is 12.0 Å². The average Bonchev–Trinajstić information content (AvgIpc) is 2.03. The van der Waals surface area contributed by atoms with Crippen molar-refractivity contribution in [3.05, 3.63) is 34.1 Å². The Balaban J connectivity index is 3.15. The lowest BCUT2D eigenvalue weighted by Gasteiger charge is -1.95. The molecule has 0 saturated carbocycles. The number of hydrogen-bond donors (Lipinski definition) is 0.